The summed E-state index contributed by atoms with van der Waals surface area (Å²) in [6.45, 7) is -0.622. The van der Waals surface area contributed by atoms with Crippen LogP contribution in [0.15, 0.2) is 59.4 Å². The van der Waals surface area contributed by atoms with Gasteiger partial charge in [0.2, 0.25) is 0 Å². The van der Waals surface area contributed by atoms with Crippen molar-refractivity contribution >= 4 is 28.5 Å². The number of benzene rings is 2. The summed E-state index contributed by atoms with van der Waals surface area (Å²) in [5.74, 6) is -0.625. The maximum atomic E-state index is 12.4. The van der Waals surface area contributed by atoms with Gasteiger partial charge >= 0.3 is 5.97 Å². The number of carbonyl (C=O) groups is 2. The predicted octanol–water partition coefficient (Wildman–Crippen LogP) is 1.97. The third-order valence-electron chi connectivity index (χ3n) is 4.58. The maximum Gasteiger partial charge on any atom is 0.306 e. The number of aryl methyl sites for hydroxylation is 1. The molecule has 152 valence electrons. The van der Waals surface area contributed by atoms with Gasteiger partial charge in [0.1, 0.15) is 12.4 Å². The molecule has 1 aromatic heterocycles. The second-order valence-electron chi connectivity index (χ2n) is 6.54. The van der Waals surface area contributed by atoms with E-state index in [9.17, 15) is 14.4 Å². The molecule has 0 unspecified atom stereocenters. The molecular formula is C22H20N4O4. The number of aromatic nitrogens is 2. The molecule has 0 bridgehead atoms. The lowest BCUT2D eigenvalue weighted by molar-refractivity contribution is -0.147. The first kappa shape index (κ1) is 20.7. The van der Waals surface area contributed by atoms with Crippen molar-refractivity contribution in [1.82, 2.24) is 9.55 Å². The van der Waals surface area contributed by atoms with Crippen LogP contribution in [0.3, 0.4) is 0 Å². The van der Waals surface area contributed by atoms with Crippen molar-refractivity contribution in [1.29, 1.82) is 5.26 Å². The molecule has 30 heavy (non-hydrogen) atoms. The molecule has 8 heteroatoms. The lowest BCUT2D eigenvalue weighted by atomic mass is 10.2. The third kappa shape index (κ3) is 4.70. The van der Waals surface area contributed by atoms with Crippen molar-refractivity contribution in [2.45, 2.75) is 12.8 Å². The van der Waals surface area contributed by atoms with Gasteiger partial charge in [-0.05, 0) is 24.3 Å². The predicted molar refractivity (Wildman–Crippen MR) is 111 cm³/mol. The smallest absolute Gasteiger partial charge is 0.306 e. The Labute approximate surface area is 172 Å². The van der Waals surface area contributed by atoms with Gasteiger partial charge in [0.05, 0.1) is 23.4 Å². The minimum absolute atomic E-state index is 0.0323. The Kier molecular flexibility index (Phi) is 6.55. The van der Waals surface area contributed by atoms with Gasteiger partial charge in [-0.1, -0.05) is 30.3 Å². The quantitative estimate of drug-likeness (QED) is 0.440. The minimum atomic E-state index is -0.587. The SMILES string of the molecule is Cn1c(CCC(=O)OCC(=O)N(CC#N)c2ccccc2)nc2ccccc2c1=O. The number of nitriles is 1. The number of para-hydroxylation sites is 2. The highest BCUT2D eigenvalue weighted by molar-refractivity contribution is 5.95. The van der Waals surface area contributed by atoms with Crippen LogP contribution in [0, 0.1) is 11.3 Å². The molecule has 0 saturated carbocycles. The molecule has 8 nitrogen and oxygen atoms in total. The summed E-state index contributed by atoms with van der Waals surface area (Å²) in [6.07, 6.45) is 0.166. The molecular weight excluding hydrogens is 384 g/mol. The van der Waals surface area contributed by atoms with Gasteiger partial charge in [-0.25, -0.2) is 4.98 Å². The third-order valence-corrected chi connectivity index (χ3v) is 4.58. The number of hydrogen-bond acceptors (Lipinski definition) is 6. The fourth-order valence-electron chi connectivity index (χ4n) is 3.00. The highest BCUT2D eigenvalue weighted by atomic mass is 16.5. The summed E-state index contributed by atoms with van der Waals surface area (Å²) in [5, 5.41) is 9.48. The molecule has 0 radical (unpaired) electrons. The zero-order valence-electron chi connectivity index (χ0n) is 16.4. The molecule has 3 aromatic rings. The summed E-state index contributed by atoms with van der Waals surface area (Å²) < 4.78 is 6.48. The molecule has 0 aliphatic carbocycles. The number of hydrogen-bond donors (Lipinski definition) is 0. The monoisotopic (exact) mass is 404 g/mol. The van der Waals surface area contributed by atoms with E-state index in [0.29, 0.717) is 22.4 Å². The number of anilines is 1. The zero-order chi connectivity index (χ0) is 21.5. The highest BCUT2D eigenvalue weighted by Gasteiger charge is 2.18. The van der Waals surface area contributed by atoms with E-state index < -0.39 is 18.5 Å². The van der Waals surface area contributed by atoms with E-state index in [1.807, 2.05) is 6.07 Å². The molecule has 0 spiro atoms. The van der Waals surface area contributed by atoms with Crippen molar-refractivity contribution < 1.29 is 14.3 Å². The molecule has 0 aliphatic rings. The Bertz CT molecular complexity index is 1170. The molecule has 0 atom stereocenters. The van der Waals surface area contributed by atoms with Crippen molar-refractivity contribution in [2.75, 3.05) is 18.1 Å². The average molecular weight is 404 g/mol. The number of ether oxygens (including phenoxy) is 1. The number of carbonyl (C=O) groups excluding carboxylic acids is 2. The van der Waals surface area contributed by atoms with E-state index in [1.165, 1.54) is 9.47 Å². The molecule has 0 N–H and O–H groups in total. The lowest BCUT2D eigenvalue weighted by Crippen LogP contribution is -2.35. The Hall–Kier alpha value is -3.99. The van der Waals surface area contributed by atoms with Crippen molar-refractivity contribution in [2.24, 2.45) is 7.05 Å². The van der Waals surface area contributed by atoms with E-state index in [2.05, 4.69) is 4.98 Å². The van der Waals surface area contributed by atoms with Crippen LogP contribution in [0.5, 0.6) is 0 Å². The first-order valence-corrected chi connectivity index (χ1v) is 9.34. The molecule has 0 aliphatic heterocycles. The number of amides is 1. The largest absolute Gasteiger partial charge is 0.456 e. The van der Waals surface area contributed by atoms with Crippen LogP contribution in [0.25, 0.3) is 10.9 Å². The summed E-state index contributed by atoms with van der Waals surface area (Å²) in [6, 6.07) is 17.6. The Morgan fingerprint density at radius 1 is 1.13 bits per heavy atom. The van der Waals surface area contributed by atoms with Crippen LogP contribution >= 0.6 is 0 Å². The Morgan fingerprint density at radius 3 is 2.57 bits per heavy atom. The summed E-state index contributed by atoms with van der Waals surface area (Å²) in [7, 11) is 1.60. The molecule has 2 aromatic carbocycles. The molecule has 0 saturated heterocycles. The first-order chi connectivity index (χ1) is 14.5. The molecule has 1 amide bonds. The fourth-order valence-corrected chi connectivity index (χ4v) is 3.00. The lowest BCUT2D eigenvalue weighted by Gasteiger charge is -2.19. The molecule has 0 fully saturated rings. The topological polar surface area (TPSA) is 105 Å². The number of rotatable bonds is 7. The van der Waals surface area contributed by atoms with E-state index >= 15 is 0 Å². The van der Waals surface area contributed by atoms with Crippen molar-refractivity contribution in [3.63, 3.8) is 0 Å². The van der Waals surface area contributed by atoms with Crippen LogP contribution in [0.2, 0.25) is 0 Å². The van der Waals surface area contributed by atoms with Crippen LogP contribution in [0.4, 0.5) is 5.69 Å². The average Bonchev–Trinajstić information content (AvgIpc) is 2.78. The minimum Gasteiger partial charge on any atom is -0.456 e. The Morgan fingerprint density at radius 2 is 1.83 bits per heavy atom. The van der Waals surface area contributed by atoms with Gasteiger partial charge in [0, 0.05) is 19.2 Å². The van der Waals surface area contributed by atoms with Gasteiger partial charge in [0.25, 0.3) is 11.5 Å². The molecule has 3 rings (SSSR count). The van der Waals surface area contributed by atoms with E-state index in [-0.39, 0.29) is 24.9 Å². The van der Waals surface area contributed by atoms with Gasteiger partial charge in [-0.15, -0.1) is 0 Å². The second kappa shape index (κ2) is 9.47. The van der Waals surface area contributed by atoms with Crippen LogP contribution < -0.4 is 10.5 Å². The van der Waals surface area contributed by atoms with Crippen molar-refractivity contribution in [3.05, 3.63) is 70.8 Å². The summed E-state index contributed by atoms with van der Waals surface area (Å²) in [4.78, 5) is 42.6. The maximum absolute atomic E-state index is 12.4. The van der Waals surface area contributed by atoms with E-state index in [0.717, 1.165) is 0 Å². The van der Waals surface area contributed by atoms with Crippen LogP contribution in [-0.4, -0.2) is 34.6 Å². The summed E-state index contributed by atoms with van der Waals surface area (Å²) in [5.41, 5.74) is 0.929. The first-order valence-electron chi connectivity index (χ1n) is 9.34. The standard InChI is InChI=1S/C22H20N4O4/c1-25-19(24-18-10-6-5-9-17(18)22(25)29)11-12-21(28)30-15-20(27)26(14-13-23)16-7-3-2-4-8-16/h2-10H,11-12,14-15H2,1H3. The zero-order valence-corrected chi connectivity index (χ0v) is 16.4. The number of esters is 1. The van der Waals surface area contributed by atoms with Crippen molar-refractivity contribution in [3.8, 4) is 6.07 Å². The Balaban J connectivity index is 1.60. The van der Waals surface area contributed by atoms with Crippen LogP contribution in [-0.2, 0) is 27.8 Å². The van der Waals surface area contributed by atoms with Gasteiger partial charge < -0.3 is 4.74 Å². The van der Waals surface area contributed by atoms with E-state index in [4.69, 9.17) is 10.00 Å². The van der Waals surface area contributed by atoms with E-state index in [1.54, 1.807) is 61.6 Å². The second-order valence-corrected chi connectivity index (χ2v) is 6.54. The van der Waals surface area contributed by atoms with Gasteiger partial charge in [-0.2, -0.15) is 5.26 Å². The van der Waals surface area contributed by atoms with Crippen LogP contribution in [0.1, 0.15) is 12.2 Å². The normalized spacial score (nSPS) is 10.4. The highest BCUT2D eigenvalue weighted by Crippen LogP contribution is 2.13. The fraction of sp³-hybridized carbons (Fsp3) is 0.227. The number of fused-ring (bicyclic) bond motifs is 1. The summed E-state index contributed by atoms with van der Waals surface area (Å²) >= 11 is 0. The molecule has 1 heterocycles. The number of nitrogens with zero attached hydrogens (tertiary/aromatic N) is 4. The van der Waals surface area contributed by atoms with Gasteiger partial charge in [0.15, 0.2) is 6.61 Å². The van der Waals surface area contributed by atoms with Gasteiger partial charge in [-0.3, -0.25) is 23.9 Å².